The Morgan fingerprint density at radius 3 is 2.65 bits per heavy atom. The van der Waals surface area contributed by atoms with Gasteiger partial charge in [0.2, 0.25) is 17.7 Å². The minimum Gasteiger partial charge on any atom is -0.366 e. The molecule has 48 heavy (non-hydrogen) atoms. The molecule has 7 rings (SSSR count). The molecule has 1 spiro atoms. The van der Waals surface area contributed by atoms with Gasteiger partial charge >= 0.3 is 6.18 Å². The van der Waals surface area contributed by atoms with E-state index >= 15 is 4.39 Å². The molecule has 15 heteroatoms. The monoisotopic (exact) mass is 666 g/mol. The van der Waals surface area contributed by atoms with E-state index in [0.717, 1.165) is 22.9 Å². The van der Waals surface area contributed by atoms with Crippen molar-refractivity contribution in [3.8, 4) is 0 Å². The summed E-state index contributed by atoms with van der Waals surface area (Å²) >= 11 is 0. The van der Waals surface area contributed by atoms with Crippen molar-refractivity contribution >= 4 is 34.9 Å². The zero-order valence-corrected chi connectivity index (χ0v) is 26.5. The number of rotatable bonds is 5. The molecule has 0 bridgehead atoms. The fourth-order valence-corrected chi connectivity index (χ4v) is 7.72. The van der Waals surface area contributed by atoms with Crippen molar-refractivity contribution in [2.24, 2.45) is 5.92 Å². The van der Waals surface area contributed by atoms with Crippen LogP contribution in [0.3, 0.4) is 0 Å². The molecule has 0 unspecified atom stereocenters. The molecule has 11 nitrogen and oxygen atoms in total. The lowest BCUT2D eigenvalue weighted by molar-refractivity contribution is -0.139. The molecular weight excluding hydrogens is 632 g/mol. The number of carbonyl (C=O) groups excluding carboxylic acids is 3. The van der Waals surface area contributed by atoms with E-state index in [1.54, 1.807) is 17.2 Å². The second kappa shape index (κ2) is 11.4. The Labute approximate surface area is 274 Å². The van der Waals surface area contributed by atoms with Crippen LogP contribution in [0.25, 0.3) is 0 Å². The first-order valence-corrected chi connectivity index (χ1v) is 15.6. The average Bonchev–Trinajstić information content (AvgIpc) is 3.63. The van der Waals surface area contributed by atoms with Crippen LogP contribution in [0.1, 0.15) is 23.5 Å². The van der Waals surface area contributed by atoms with Crippen LogP contribution in [0.4, 0.5) is 34.8 Å². The van der Waals surface area contributed by atoms with Crippen LogP contribution in [-0.2, 0) is 32.6 Å². The van der Waals surface area contributed by atoms with Gasteiger partial charge in [-0.25, -0.2) is 14.4 Å². The number of likely N-dealkylation sites (N-methyl/N-ethyl adjacent to an activating group) is 1. The lowest BCUT2D eigenvalue weighted by atomic mass is 9.86. The van der Waals surface area contributed by atoms with Crippen molar-refractivity contribution in [1.82, 2.24) is 24.3 Å². The summed E-state index contributed by atoms with van der Waals surface area (Å²) in [4.78, 5) is 56.7. The highest BCUT2D eigenvalue weighted by molar-refractivity contribution is 6.10. The third-order valence-corrected chi connectivity index (χ3v) is 9.88. The first kappa shape index (κ1) is 31.8. The third-order valence-electron chi connectivity index (χ3n) is 9.88. The van der Waals surface area contributed by atoms with Crippen molar-refractivity contribution in [2.75, 3.05) is 61.0 Å². The zero-order chi connectivity index (χ0) is 34.1. The summed E-state index contributed by atoms with van der Waals surface area (Å²) in [6.45, 7) is 8.03. The maximum atomic E-state index is 15.7. The van der Waals surface area contributed by atoms with E-state index in [9.17, 15) is 27.6 Å². The number of carbonyl (C=O) groups is 3. The van der Waals surface area contributed by atoms with Crippen molar-refractivity contribution in [3.63, 3.8) is 0 Å². The van der Waals surface area contributed by atoms with Gasteiger partial charge in [0.25, 0.3) is 0 Å². The molecule has 3 aromatic rings. The second-order valence-corrected chi connectivity index (χ2v) is 13.0. The summed E-state index contributed by atoms with van der Waals surface area (Å²) in [5, 5.41) is 0. The number of aryl methyl sites for hydroxylation is 1. The quantitative estimate of drug-likeness (QED) is 0.305. The molecular formula is C33H34F4N8O3. The highest BCUT2D eigenvalue weighted by Crippen LogP contribution is 2.42. The first-order valence-electron chi connectivity index (χ1n) is 15.6. The second-order valence-electron chi connectivity index (χ2n) is 13.0. The van der Waals surface area contributed by atoms with Crippen molar-refractivity contribution in [2.45, 2.75) is 37.6 Å². The number of amides is 3. The largest absolute Gasteiger partial charge is 0.416 e. The van der Waals surface area contributed by atoms with E-state index in [1.165, 1.54) is 37.1 Å². The summed E-state index contributed by atoms with van der Waals surface area (Å²) in [7, 11) is 1.48. The molecule has 0 radical (unpaired) electrons. The van der Waals surface area contributed by atoms with Gasteiger partial charge in [0.05, 0.1) is 29.0 Å². The van der Waals surface area contributed by atoms with Gasteiger partial charge < -0.3 is 19.3 Å². The normalized spacial score (nSPS) is 22.2. The van der Waals surface area contributed by atoms with Gasteiger partial charge in [-0.05, 0) is 37.3 Å². The minimum atomic E-state index is -4.68. The van der Waals surface area contributed by atoms with E-state index in [2.05, 4.69) is 26.0 Å². The number of nitrogens with zero attached hydrogens (tertiary/aromatic N) is 8. The van der Waals surface area contributed by atoms with E-state index in [4.69, 9.17) is 0 Å². The van der Waals surface area contributed by atoms with Gasteiger partial charge in [-0.15, -0.1) is 0 Å². The molecule has 2 fully saturated rings. The van der Waals surface area contributed by atoms with Gasteiger partial charge in [0.15, 0.2) is 0 Å². The van der Waals surface area contributed by atoms with Gasteiger partial charge in [0.1, 0.15) is 23.5 Å². The molecule has 0 N–H and O–H groups in total. The number of pyridine rings is 1. The van der Waals surface area contributed by atoms with E-state index in [-0.39, 0.29) is 47.3 Å². The molecule has 3 amide bonds. The van der Waals surface area contributed by atoms with E-state index in [1.807, 2.05) is 11.1 Å². The fourth-order valence-electron chi connectivity index (χ4n) is 7.72. The van der Waals surface area contributed by atoms with Crippen LogP contribution in [0.15, 0.2) is 55.4 Å². The molecule has 4 aliphatic rings. The van der Waals surface area contributed by atoms with E-state index < -0.39 is 41.3 Å². The Bertz CT molecular complexity index is 1820. The lowest BCUT2D eigenvalue weighted by Gasteiger charge is -2.55. The number of halogens is 4. The number of benzene rings is 1. The van der Waals surface area contributed by atoms with Crippen LogP contribution in [-0.4, -0.2) is 94.4 Å². The van der Waals surface area contributed by atoms with Crippen LogP contribution < -0.4 is 14.7 Å². The van der Waals surface area contributed by atoms with Crippen LogP contribution in [0, 0.1) is 18.7 Å². The molecule has 6 heterocycles. The topological polar surface area (TPSA) is 98.1 Å². The first-order chi connectivity index (χ1) is 22.8. The Morgan fingerprint density at radius 2 is 1.92 bits per heavy atom. The molecule has 252 valence electrons. The Kier molecular flexibility index (Phi) is 7.57. The number of aromatic nitrogens is 3. The van der Waals surface area contributed by atoms with Gasteiger partial charge in [-0.2, -0.15) is 13.2 Å². The number of alkyl halides is 3. The average molecular weight is 667 g/mol. The summed E-state index contributed by atoms with van der Waals surface area (Å²) in [6.07, 6.45) is 0.147. The number of imidazole rings is 1. The number of fused-ring (bicyclic) bond motifs is 4. The standard InChI is InChI=1S/C33H34F4N8O3/c1-4-27(46)43-18-32(19-43)17-41(16-26-38-8-9-44(26)32)10-11-42-15-21-13-28(47)45(25-14-22(33(35,36)37)12-20(2)39-25)29(21)31(48)40(3)24-7-5-6-23(34)30(24)42/h4-9,12,14,21,29H,1,10-11,13,15-19H2,2-3H3/t21-,29+/m1/s1. The Hall–Kier alpha value is -4.79. The minimum absolute atomic E-state index is 0.0557. The van der Waals surface area contributed by atoms with Gasteiger partial charge in [-0.3, -0.25) is 24.2 Å². The lowest BCUT2D eigenvalue weighted by Crippen LogP contribution is -2.70. The summed E-state index contributed by atoms with van der Waals surface area (Å²) in [5.74, 6) is -1.81. The van der Waals surface area contributed by atoms with Crippen molar-refractivity contribution in [1.29, 1.82) is 0 Å². The van der Waals surface area contributed by atoms with Crippen molar-refractivity contribution in [3.05, 3.63) is 78.3 Å². The molecule has 0 saturated carbocycles. The van der Waals surface area contributed by atoms with Crippen LogP contribution >= 0.6 is 0 Å². The molecule has 2 atom stereocenters. The van der Waals surface area contributed by atoms with Gasteiger partial charge in [0, 0.05) is 76.7 Å². The summed E-state index contributed by atoms with van der Waals surface area (Å²) in [6, 6.07) is 4.96. The van der Waals surface area contributed by atoms with E-state index in [0.29, 0.717) is 39.3 Å². The maximum absolute atomic E-state index is 15.7. The number of hydrogen-bond donors (Lipinski definition) is 0. The molecule has 2 saturated heterocycles. The smallest absolute Gasteiger partial charge is 0.366 e. The maximum Gasteiger partial charge on any atom is 0.416 e. The summed E-state index contributed by atoms with van der Waals surface area (Å²) in [5.41, 5.74) is -0.779. The number of para-hydroxylation sites is 1. The van der Waals surface area contributed by atoms with Crippen LogP contribution in [0.2, 0.25) is 0 Å². The van der Waals surface area contributed by atoms with Crippen molar-refractivity contribution < 1.29 is 31.9 Å². The highest BCUT2D eigenvalue weighted by atomic mass is 19.4. The predicted octanol–water partition coefficient (Wildman–Crippen LogP) is 3.19. The zero-order valence-electron chi connectivity index (χ0n) is 26.5. The van der Waals surface area contributed by atoms with Crippen LogP contribution in [0.5, 0.6) is 0 Å². The molecule has 0 aliphatic carbocycles. The SMILES string of the molecule is C=CC(=O)N1CC2(CN(CCN3C[C@H]4CC(=O)N(c5cc(C(F)(F)F)cc(C)n5)[C@@H]4C(=O)N(C)c4cccc(F)c43)Cc3nccn32)C1. The van der Waals surface area contributed by atoms with Gasteiger partial charge in [-0.1, -0.05) is 12.6 Å². The summed E-state index contributed by atoms with van der Waals surface area (Å²) < 4.78 is 59.1. The number of likely N-dealkylation sites (tertiary alicyclic amines) is 1. The number of anilines is 3. The fraction of sp³-hybridized carbons (Fsp3) is 0.424. The number of hydrogen-bond acceptors (Lipinski definition) is 7. The molecule has 1 aromatic carbocycles. The molecule has 2 aromatic heterocycles. The Balaban J connectivity index is 1.19. The predicted molar refractivity (Wildman–Crippen MR) is 168 cm³/mol. The molecule has 4 aliphatic heterocycles. The third kappa shape index (κ3) is 5.20. The highest BCUT2D eigenvalue weighted by Gasteiger charge is 2.51. The Morgan fingerprint density at radius 1 is 1.15 bits per heavy atom.